The molecular weight excluding hydrogens is 200 g/mol. The maximum absolute atomic E-state index is 11.4. The molecule has 3 nitrogen and oxygen atoms in total. The monoisotopic (exact) mass is 216 g/mol. The van der Waals surface area contributed by atoms with Gasteiger partial charge < -0.3 is 10.3 Å². The first-order valence-electron chi connectivity index (χ1n) is 5.49. The van der Waals surface area contributed by atoms with Gasteiger partial charge in [-0.1, -0.05) is 25.1 Å². The summed E-state index contributed by atoms with van der Waals surface area (Å²) in [5, 5.41) is 3.86. The highest BCUT2D eigenvalue weighted by Crippen LogP contribution is 2.17. The molecule has 0 spiro atoms. The van der Waals surface area contributed by atoms with E-state index >= 15 is 0 Å². The van der Waals surface area contributed by atoms with Crippen LogP contribution in [0.3, 0.4) is 0 Å². The van der Waals surface area contributed by atoms with Crippen molar-refractivity contribution in [1.29, 1.82) is 0 Å². The van der Waals surface area contributed by atoms with E-state index in [0.29, 0.717) is 0 Å². The molecule has 0 fully saturated rings. The van der Waals surface area contributed by atoms with Gasteiger partial charge in [0.25, 0.3) is 0 Å². The number of aromatic amines is 1. The first-order valence-corrected chi connectivity index (χ1v) is 5.49. The summed E-state index contributed by atoms with van der Waals surface area (Å²) in [5.41, 5.74) is 2.24. The normalized spacial score (nSPS) is 12.6. The third kappa shape index (κ3) is 2.08. The lowest BCUT2D eigenvalue weighted by Crippen LogP contribution is -2.26. The standard InChI is InChI=1S/C13H16N2O/c1-9(13(16)14-2)7-11-8-10-5-3-4-6-12(10)15-11/h3-6,8-9,15H,7H2,1-2H3,(H,14,16). The average molecular weight is 216 g/mol. The molecule has 3 heteroatoms. The molecule has 2 N–H and O–H groups in total. The zero-order chi connectivity index (χ0) is 11.5. The highest BCUT2D eigenvalue weighted by Gasteiger charge is 2.12. The van der Waals surface area contributed by atoms with Gasteiger partial charge in [-0.15, -0.1) is 0 Å². The number of para-hydroxylation sites is 1. The van der Waals surface area contributed by atoms with Crippen LogP contribution in [0, 0.1) is 5.92 Å². The molecule has 1 unspecified atom stereocenters. The number of benzene rings is 1. The van der Waals surface area contributed by atoms with Gasteiger partial charge in [-0.2, -0.15) is 0 Å². The van der Waals surface area contributed by atoms with E-state index in [1.54, 1.807) is 7.05 Å². The number of H-pyrrole nitrogens is 1. The number of aromatic nitrogens is 1. The van der Waals surface area contributed by atoms with Gasteiger partial charge in [0.1, 0.15) is 0 Å². The Morgan fingerprint density at radius 1 is 1.44 bits per heavy atom. The third-order valence-corrected chi connectivity index (χ3v) is 2.81. The lowest BCUT2D eigenvalue weighted by atomic mass is 10.1. The van der Waals surface area contributed by atoms with Crippen LogP contribution >= 0.6 is 0 Å². The lowest BCUT2D eigenvalue weighted by Gasteiger charge is -2.07. The summed E-state index contributed by atoms with van der Waals surface area (Å²) in [6.07, 6.45) is 0.744. The van der Waals surface area contributed by atoms with Crippen LogP contribution in [0.1, 0.15) is 12.6 Å². The molecule has 1 heterocycles. The number of amides is 1. The number of carbonyl (C=O) groups excluding carboxylic acids is 1. The molecule has 0 aliphatic heterocycles. The number of rotatable bonds is 3. The summed E-state index contributed by atoms with van der Waals surface area (Å²) in [5.74, 6) is 0.0803. The van der Waals surface area contributed by atoms with E-state index in [0.717, 1.165) is 17.6 Å². The fraction of sp³-hybridized carbons (Fsp3) is 0.308. The zero-order valence-corrected chi connectivity index (χ0v) is 9.58. The van der Waals surface area contributed by atoms with Crippen LogP contribution in [0.2, 0.25) is 0 Å². The van der Waals surface area contributed by atoms with Gasteiger partial charge in [-0.3, -0.25) is 4.79 Å². The highest BCUT2D eigenvalue weighted by molar-refractivity contribution is 5.81. The molecular formula is C13H16N2O. The molecule has 2 aromatic rings. The summed E-state index contributed by atoms with van der Waals surface area (Å²) in [4.78, 5) is 14.7. The van der Waals surface area contributed by atoms with Gasteiger partial charge in [0.15, 0.2) is 0 Å². The minimum Gasteiger partial charge on any atom is -0.359 e. The van der Waals surface area contributed by atoms with Gasteiger partial charge >= 0.3 is 0 Å². The number of hydrogen-bond acceptors (Lipinski definition) is 1. The van der Waals surface area contributed by atoms with Crippen molar-refractivity contribution in [3.63, 3.8) is 0 Å². The van der Waals surface area contributed by atoms with Crippen molar-refractivity contribution in [1.82, 2.24) is 10.3 Å². The minimum absolute atomic E-state index is 0.00179. The van der Waals surface area contributed by atoms with Gasteiger partial charge in [0.05, 0.1) is 0 Å². The van der Waals surface area contributed by atoms with E-state index in [1.807, 2.05) is 25.1 Å². The molecule has 2 rings (SSSR count). The molecule has 1 aromatic carbocycles. The molecule has 1 atom stereocenters. The van der Waals surface area contributed by atoms with Crippen LogP contribution in [0.5, 0.6) is 0 Å². The number of fused-ring (bicyclic) bond motifs is 1. The van der Waals surface area contributed by atoms with Crippen molar-refractivity contribution < 1.29 is 4.79 Å². The Morgan fingerprint density at radius 3 is 2.88 bits per heavy atom. The fourth-order valence-corrected chi connectivity index (χ4v) is 1.91. The minimum atomic E-state index is -0.00179. The summed E-state index contributed by atoms with van der Waals surface area (Å²) >= 11 is 0. The van der Waals surface area contributed by atoms with Crippen molar-refractivity contribution in [3.05, 3.63) is 36.0 Å². The Kier molecular flexibility index (Phi) is 2.95. The second-order valence-corrected chi connectivity index (χ2v) is 4.10. The van der Waals surface area contributed by atoms with Crippen LogP contribution < -0.4 is 5.32 Å². The molecule has 84 valence electrons. The molecule has 0 bridgehead atoms. The van der Waals surface area contributed by atoms with Gasteiger partial charge in [-0.25, -0.2) is 0 Å². The number of nitrogens with one attached hydrogen (secondary N) is 2. The third-order valence-electron chi connectivity index (χ3n) is 2.81. The molecule has 0 radical (unpaired) electrons. The van der Waals surface area contributed by atoms with Crippen molar-refractivity contribution in [2.75, 3.05) is 7.05 Å². The lowest BCUT2D eigenvalue weighted by molar-refractivity contribution is -0.123. The van der Waals surface area contributed by atoms with Gasteiger partial charge in [0.2, 0.25) is 5.91 Å². The SMILES string of the molecule is CNC(=O)C(C)Cc1cc2ccccc2[nH]1. The summed E-state index contributed by atoms with van der Waals surface area (Å²) in [7, 11) is 1.67. The van der Waals surface area contributed by atoms with E-state index in [-0.39, 0.29) is 11.8 Å². The fourth-order valence-electron chi connectivity index (χ4n) is 1.91. The van der Waals surface area contributed by atoms with Crippen LogP contribution in [0.15, 0.2) is 30.3 Å². The van der Waals surface area contributed by atoms with Crippen molar-refractivity contribution in [2.45, 2.75) is 13.3 Å². The molecule has 0 aliphatic carbocycles. The Balaban J connectivity index is 2.18. The topological polar surface area (TPSA) is 44.9 Å². The first-order chi connectivity index (χ1) is 7.70. The Hall–Kier alpha value is -1.77. The molecule has 16 heavy (non-hydrogen) atoms. The number of hydrogen-bond donors (Lipinski definition) is 2. The van der Waals surface area contributed by atoms with Gasteiger partial charge in [0, 0.05) is 24.2 Å². The van der Waals surface area contributed by atoms with E-state index in [9.17, 15) is 4.79 Å². The van der Waals surface area contributed by atoms with Crippen molar-refractivity contribution in [2.24, 2.45) is 5.92 Å². The smallest absolute Gasteiger partial charge is 0.222 e. The van der Waals surface area contributed by atoms with E-state index in [1.165, 1.54) is 5.39 Å². The Bertz CT molecular complexity index is 468. The molecule has 0 aliphatic rings. The molecule has 0 saturated heterocycles. The quantitative estimate of drug-likeness (QED) is 0.810. The zero-order valence-electron chi connectivity index (χ0n) is 9.58. The first kappa shape index (κ1) is 10.7. The molecule has 0 saturated carbocycles. The number of carbonyl (C=O) groups is 1. The van der Waals surface area contributed by atoms with Crippen molar-refractivity contribution >= 4 is 16.8 Å². The Morgan fingerprint density at radius 2 is 2.19 bits per heavy atom. The summed E-state index contributed by atoms with van der Waals surface area (Å²) in [6.45, 7) is 1.93. The maximum atomic E-state index is 11.4. The van der Waals surface area contributed by atoms with Crippen molar-refractivity contribution in [3.8, 4) is 0 Å². The van der Waals surface area contributed by atoms with E-state index in [2.05, 4.69) is 22.4 Å². The van der Waals surface area contributed by atoms with Gasteiger partial charge in [-0.05, 0) is 23.9 Å². The van der Waals surface area contributed by atoms with Crippen LogP contribution in [-0.4, -0.2) is 17.9 Å². The van der Waals surface area contributed by atoms with Crippen LogP contribution in [-0.2, 0) is 11.2 Å². The molecule has 1 amide bonds. The Labute approximate surface area is 94.9 Å². The van der Waals surface area contributed by atoms with E-state index < -0.39 is 0 Å². The predicted octanol–water partition coefficient (Wildman–Crippen LogP) is 2.09. The molecule has 1 aromatic heterocycles. The van der Waals surface area contributed by atoms with E-state index in [4.69, 9.17) is 0 Å². The second-order valence-electron chi connectivity index (χ2n) is 4.10. The summed E-state index contributed by atoms with van der Waals surface area (Å²) < 4.78 is 0. The van der Waals surface area contributed by atoms with Crippen LogP contribution in [0.25, 0.3) is 10.9 Å². The summed E-state index contributed by atoms with van der Waals surface area (Å²) in [6, 6.07) is 10.2. The maximum Gasteiger partial charge on any atom is 0.222 e. The predicted molar refractivity (Wildman–Crippen MR) is 65.2 cm³/mol. The van der Waals surface area contributed by atoms with Crippen LogP contribution in [0.4, 0.5) is 0 Å². The highest BCUT2D eigenvalue weighted by atomic mass is 16.1. The largest absolute Gasteiger partial charge is 0.359 e. The second kappa shape index (κ2) is 4.39. The average Bonchev–Trinajstić information content (AvgIpc) is 2.69.